The first-order chi connectivity index (χ1) is 10.7. The Bertz CT molecular complexity index is 723. The van der Waals surface area contributed by atoms with Gasteiger partial charge in [0, 0.05) is 0 Å². The van der Waals surface area contributed by atoms with Crippen LogP contribution in [0.5, 0.6) is 11.5 Å². The van der Waals surface area contributed by atoms with Crippen molar-refractivity contribution in [1.29, 1.82) is 0 Å². The molecule has 0 bridgehead atoms. The topological polar surface area (TPSA) is 142 Å². The highest BCUT2D eigenvalue weighted by atomic mass is 79.9. The molecular weight excluding hydrogens is 448 g/mol. The Kier molecular flexibility index (Phi) is 4.75. The van der Waals surface area contributed by atoms with Crippen LogP contribution in [0.3, 0.4) is 0 Å². The zero-order valence-electron chi connectivity index (χ0n) is 11.3. The lowest BCUT2D eigenvalue weighted by atomic mass is 10.0. The molecule has 2 rings (SSSR count). The van der Waals surface area contributed by atoms with Gasteiger partial charge in [0.05, 0.1) is 15.8 Å². The second-order valence-electron chi connectivity index (χ2n) is 4.59. The number of carboxylic acids is 1. The van der Waals surface area contributed by atoms with Crippen molar-refractivity contribution in [3.8, 4) is 11.5 Å². The van der Waals surface area contributed by atoms with Gasteiger partial charge < -0.3 is 14.6 Å². The predicted molar refractivity (Wildman–Crippen MR) is 81.9 cm³/mol. The van der Waals surface area contributed by atoms with Crippen molar-refractivity contribution in [1.82, 2.24) is 0 Å². The van der Waals surface area contributed by atoms with Gasteiger partial charge in [-0.05, 0) is 38.8 Å². The summed E-state index contributed by atoms with van der Waals surface area (Å²) >= 11 is 5.84. The number of hydrogen-bond donors (Lipinski definition) is 1. The lowest BCUT2D eigenvalue weighted by molar-refractivity contribution is -0.392. The minimum atomic E-state index is -1.18. The summed E-state index contributed by atoms with van der Waals surface area (Å²) < 4.78 is 10.3. The Morgan fingerprint density at radius 3 is 2.13 bits per heavy atom. The molecule has 10 nitrogen and oxygen atoms in total. The van der Waals surface area contributed by atoms with Gasteiger partial charge in [0.1, 0.15) is 21.7 Å². The van der Waals surface area contributed by atoms with Gasteiger partial charge >= 0.3 is 17.3 Å². The molecule has 1 N–H and O–H groups in total. The van der Waals surface area contributed by atoms with Crippen LogP contribution in [0, 0.1) is 26.1 Å². The van der Waals surface area contributed by atoms with Crippen molar-refractivity contribution in [2.24, 2.45) is 5.92 Å². The van der Waals surface area contributed by atoms with E-state index in [2.05, 4.69) is 31.9 Å². The summed E-state index contributed by atoms with van der Waals surface area (Å²) in [4.78, 5) is 31.9. The van der Waals surface area contributed by atoms with Gasteiger partial charge in [-0.25, -0.2) is 0 Å². The van der Waals surface area contributed by atoms with Gasteiger partial charge in [-0.3, -0.25) is 25.0 Å². The molecule has 0 aromatic heterocycles. The zero-order valence-corrected chi connectivity index (χ0v) is 14.5. The summed E-state index contributed by atoms with van der Waals surface area (Å²) in [6.07, 6.45) is -1.02. The van der Waals surface area contributed by atoms with Crippen LogP contribution in [0.2, 0.25) is 0 Å². The Hall–Kier alpha value is -1.95. The second kappa shape index (κ2) is 6.28. The number of ether oxygens (including phenoxy) is 2. The molecule has 1 aromatic carbocycles. The number of halogens is 2. The molecule has 0 fully saturated rings. The SMILES string of the molecule is CC(C(=O)O)C1COc2c(c([N+](=O)[O-])c(Br)c(Br)c2[N+](=O)[O-])O1. The fraction of sp³-hybridized carbons (Fsp3) is 0.364. The summed E-state index contributed by atoms with van der Waals surface area (Å²) in [6.45, 7) is 1.06. The summed E-state index contributed by atoms with van der Waals surface area (Å²) in [5.74, 6) is -3.09. The molecule has 0 spiro atoms. The number of fused-ring (bicyclic) bond motifs is 1. The van der Waals surface area contributed by atoms with Crippen molar-refractivity contribution in [2.45, 2.75) is 13.0 Å². The Morgan fingerprint density at radius 2 is 1.70 bits per heavy atom. The van der Waals surface area contributed by atoms with Crippen LogP contribution in [0.4, 0.5) is 11.4 Å². The van der Waals surface area contributed by atoms with Crippen LogP contribution in [-0.4, -0.2) is 33.6 Å². The molecule has 1 aliphatic heterocycles. The van der Waals surface area contributed by atoms with Gasteiger partial charge in [-0.2, -0.15) is 0 Å². The molecule has 1 aromatic rings. The number of hydrogen-bond acceptors (Lipinski definition) is 7. The molecular formula is C11H8Br2N2O8. The Labute approximate surface area is 144 Å². The maximum atomic E-state index is 11.3. The number of benzene rings is 1. The van der Waals surface area contributed by atoms with E-state index in [4.69, 9.17) is 14.6 Å². The molecule has 124 valence electrons. The number of carbonyl (C=O) groups is 1. The maximum Gasteiger partial charge on any atom is 0.330 e. The monoisotopic (exact) mass is 454 g/mol. The molecule has 0 saturated carbocycles. The highest BCUT2D eigenvalue weighted by Crippen LogP contribution is 2.55. The number of rotatable bonds is 4. The van der Waals surface area contributed by atoms with Crippen LogP contribution in [0.1, 0.15) is 6.92 Å². The predicted octanol–water partition coefficient (Wildman–Crippen LogP) is 2.89. The maximum absolute atomic E-state index is 11.3. The first-order valence-electron chi connectivity index (χ1n) is 6.02. The van der Waals surface area contributed by atoms with E-state index >= 15 is 0 Å². The van der Waals surface area contributed by atoms with Gasteiger partial charge in [0.25, 0.3) is 0 Å². The summed E-state index contributed by atoms with van der Waals surface area (Å²) in [5, 5.41) is 31.5. The first kappa shape index (κ1) is 17.4. The molecule has 23 heavy (non-hydrogen) atoms. The molecule has 0 saturated heterocycles. The van der Waals surface area contributed by atoms with Crippen molar-refractivity contribution in [2.75, 3.05) is 6.61 Å². The number of nitro groups is 2. The van der Waals surface area contributed by atoms with E-state index in [0.717, 1.165) is 0 Å². The summed E-state index contributed by atoms with van der Waals surface area (Å²) in [7, 11) is 0. The quantitative estimate of drug-likeness (QED) is 0.539. The Balaban J connectivity index is 2.67. The van der Waals surface area contributed by atoms with Crippen LogP contribution in [0.25, 0.3) is 0 Å². The highest BCUT2D eigenvalue weighted by Gasteiger charge is 2.43. The lowest BCUT2D eigenvalue weighted by Gasteiger charge is -2.28. The molecule has 0 aliphatic carbocycles. The van der Waals surface area contributed by atoms with Crippen LogP contribution in [-0.2, 0) is 4.79 Å². The average molecular weight is 456 g/mol. The highest BCUT2D eigenvalue weighted by molar-refractivity contribution is 9.13. The minimum absolute atomic E-state index is 0.165. The van der Waals surface area contributed by atoms with Crippen molar-refractivity contribution in [3.05, 3.63) is 29.2 Å². The van der Waals surface area contributed by atoms with E-state index in [0.29, 0.717) is 0 Å². The van der Waals surface area contributed by atoms with E-state index in [1.807, 2.05) is 0 Å². The van der Waals surface area contributed by atoms with E-state index in [9.17, 15) is 25.0 Å². The second-order valence-corrected chi connectivity index (χ2v) is 6.18. The number of nitrogens with zero attached hydrogens (tertiary/aromatic N) is 2. The lowest BCUT2D eigenvalue weighted by Crippen LogP contribution is -2.39. The molecule has 1 aliphatic rings. The Morgan fingerprint density at radius 1 is 1.22 bits per heavy atom. The van der Waals surface area contributed by atoms with Crippen LogP contribution in [0.15, 0.2) is 8.95 Å². The third-order valence-electron chi connectivity index (χ3n) is 3.22. The fourth-order valence-corrected chi connectivity index (χ4v) is 2.97. The summed E-state index contributed by atoms with van der Waals surface area (Å²) in [6, 6.07) is 0. The van der Waals surface area contributed by atoms with Gasteiger partial charge in [0.15, 0.2) is 0 Å². The number of carboxylic acid groups (broad SMARTS) is 1. The standard InChI is InChI=1S/C11H8Br2N2O8/c1-3(11(16)17)4-2-22-9-7(14(18)19)5(12)6(13)8(15(20)21)10(9)23-4/h3-4H,2H2,1H3,(H,16,17). The van der Waals surface area contributed by atoms with Gasteiger partial charge in [-0.1, -0.05) is 0 Å². The third-order valence-corrected chi connectivity index (χ3v) is 5.29. The van der Waals surface area contributed by atoms with E-state index in [1.54, 1.807) is 0 Å². The van der Waals surface area contributed by atoms with Crippen molar-refractivity contribution < 1.29 is 29.2 Å². The summed E-state index contributed by atoms with van der Waals surface area (Å²) in [5.41, 5.74) is -1.13. The normalized spacial score (nSPS) is 17.4. The number of nitro benzene ring substituents is 2. The van der Waals surface area contributed by atoms with Crippen molar-refractivity contribution in [3.63, 3.8) is 0 Å². The molecule has 12 heteroatoms. The molecule has 2 unspecified atom stereocenters. The van der Waals surface area contributed by atoms with E-state index < -0.39 is 50.7 Å². The average Bonchev–Trinajstić information content (AvgIpc) is 2.46. The largest absolute Gasteiger partial charge is 0.481 e. The number of aliphatic carboxylic acids is 1. The first-order valence-corrected chi connectivity index (χ1v) is 7.61. The smallest absolute Gasteiger partial charge is 0.330 e. The minimum Gasteiger partial charge on any atom is -0.481 e. The van der Waals surface area contributed by atoms with E-state index in [-0.39, 0.29) is 15.6 Å². The molecule has 0 radical (unpaired) electrons. The fourth-order valence-electron chi connectivity index (χ4n) is 1.95. The molecule has 1 heterocycles. The van der Waals surface area contributed by atoms with Crippen LogP contribution < -0.4 is 9.47 Å². The third kappa shape index (κ3) is 2.95. The van der Waals surface area contributed by atoms with Gasteiger partial charge in [-0.15, -0.1) is 0 Å². The molecule has 0 amide bonds. The zero-order chi connectivity index (χ0) is 17.5. The van der Waals surface area contributed by atoms with Crippen LogP contribution >= 0.6 is 31.9 Å². The van der Waals surface area contributed by atoms with E-state index in [1.165, 1.54) is 6.92 Å². The van der Waals surface area contributed by atoms with Crippen molar-refractivity contribution >= 4 is 49.2 Å². The van der Waals surface area contributed by atoms with Gasteiger partial charge in [0.2, 0.25) is 11.5 Å². The molecule has 2 atom stereocenters.